The molecule has 0 aliphatic rings. The first kappa shape index (κ1) is 17.8. The molecule has 0 saturated heterocycles. The number of amides is 1. The first-order valence-electron chi connectivity index (χ1n) is 8.13. The molecule has 0 atom stereocenters. The van der Waals surface area contributed by atoms with Crippen LogP contribution in [0, 0.1) is 5.82 Å². The highest BCUT2D eigenvalue weighted by Crippen LogP contribution is 2.16. The summed E-state index contributed by atoms with van der Waals surface area (Å²) < 4.78 is 15.7. The molecule has 4 rings (SSSR count). The van der Waals surface area contributed by atoms with Gasteiger partial charge in [-0.05, 0) is 36.4 Å². The van der Waals surface area contributed by atoms with Crippen molar-refractivity contribution in [1.29, 1.82) is 0 Å². The highest BCUT2D eigenvalue weighted by atomic mass is 35.5. The van der Waals surface area contributed by atoms with Gasteiger partial charge in [-0.25, -0.2) is 9.37 Å². The maximum Gasteiger partial charge on any atom is 0.284 e. The Morgan fingerprint density at radius 3 is 2.79 bits per heavy atom. The maximum absolute atomic E-state index is 13.2. The smallest absolute Gasteiger partial charge is 0.284 e. The van der Waals surface area contributed by atoms with Crippen molar-refractivity contribution in [3.8, 4) is 5.69 Å². The number of anilines is 1. The second-order valence-corrected chi connectivity index (χ2v) is 6.33. The Morgan fingerprint density at radius 1 is 1.18 bits per heavy atom. The number of fused-ring (bicyclic) bond motifs is 1. The van der Waals surface area contributed by atoms with Crippen LogP contribution in [0.15, 0.2) is 59.7 Å². The minimum Gasteiger partial charge on any atom is -0.324 e. The third kappa shape index (κ3) is 3.47. The number of aromatic nitrogens is 5. The molecule has 0 aliphatic carbocycles. The molecule has 0 saturated carbocycles. The fourth-order valence-electron chi connectivity index (χ4n) is 2.66. The van der Waals surface area contributed by atoms with Gasteiger partial charge in [0.2, 0.25) is 5.91 Å². The molecule has 10 heteroatoms. The number of hydrogen-bond donors (Lipinski definition) is 1. The van der Waals surface area contributed by atoms with E-state index in [1.54, 1.807) is 30.3 Å². The summed E-state index contributed by atoms with van der Waals surface area (Å²) in [6.45, 7) is -0.303. The molecule has 1 amide bonds. The molecule has 0 fully saturated rings. The van der Waals surface area contributed by atoms with Crippen LogP contribution in [0.1, 0.15) is 0 Å². The molecule has 28 heavy (non-hydrogen) atoms. The molecule has 140 valence electrons. The molecule has 4 aromatic rings. The summed E-state index contributed by atoms with van der Waals surface area (Å²) in [7, 11) is 0. The largest absolute Gasteiger partial charge is 0.324 e. The van der Waals surface area contributed by atoms with E-state index >= 15 is 0 Å². The van der Waals surface area contributed by atoms with Crippen molar-refractivity contribution in [3.05, 3.63) is 76.1 Å². The Balaban J connectivity index is 1.62. The Morgan fingerprint density at radius 2 is 2.00 bits per heavy atom. The van der Waals surface area contributed by atoms with E-state index in [9.17, 15) is 14.0 Å². The normalized spacial score (nSPS) is 10.9. The van der Waals surface area contributed by atoms with Gasteiger partial charge in [0.1, 0.15) is 18.7 Å². The molecule has 0 aliphatic heterocycles. The van der Waals surface area contributed by atoms with Gasteiger partial charge in [0.05, 0.1) is 5.69 Å². The third-order valence-electron chi connectivity index (χ3n) is 3.90. The van der Waals surface area contributed by atoms with E-state index in [1.807, 2.05) is 0 Å². The lowest BCUT2D eigenvalue weighted by atomic mass is 10.3. The van der Waals surface area contributed by atoms with Crippen LogP contribution in [0.4, 0.5) is 10.1 Å². The van der Waals surface area contributed by atoms with Crippen molar-refractivity contribution in [2.45, 2.75) is 6.54 Å². The van der Waals surface area contributed by atoms with Crippen molar-refractivity contribution in [3.63, 3.8) is 0 Å². The quantitative estimate of drug-likeness (QED) is 0.569. The zero-order valence-corrected chi connectivity index (χ0v) is 15.0. The standard InChI is InChI=1S/C18H12ClFN6O2/c19-11-3-1-6-14(7-11)26-17-16(23-24-26)18(28)25(10-21-17)9-15(27)22-13-5-2-4-12(20)8-13/h1-8,10H,9H2,(H,22,27). The molecule has 0 radical (unpaired) electrons. The lowest BCUT2D eigenvalue weighted by molar-refractivity contribution is -0.116. The summed E-state index contributed by atoms with van der Waals surface area (Å²) >= 11 is 5.99. The average molecular weight is 399 g/mol. The van der Waals surface area contributed by atoms with Crippen LogP contribution in [0.5, 0.6) is 0 Å². The maximum atomic E-state index is 13.2. The number of benzene rings is 2. The number of hydrogen-bond acceptors (Lipinski definition) is 5. The van der Waals surface area contributed by atoms with Gasteiger partial charge in [-0.15, -0.1) is 5.10 Å². The van der Waals surface area contributed by atoms with Crippen molar-refractivity contribution in [2.75, 3.05) is 5.32 Å². The predicted octanol–water partition coefficient (Wildman–Crippen LogP) is 2.41. The summed E-state index contributed by atoms with van der Waals surface area (Å²) in [5.74, 6) is -0.980. The van der Waals surface area contributed by atoms with Gasteiger partial charge < -0.3 is 5.32 Å². The molecule has 0 bridgehead atoms. The van der Waals surface area contributed by atoms with Crippen molar-refractivity contribution in [1.82, 2.24) is 24.5 Å². The Bertz CT molecular complexity index is 1250. The van der Waals surface area contributed by atoms with E-state index in [2.05, 4.69) is 20.6 Å². The molecule has 0 unspecified atom stereocenters. The van der Waals surface area contributed by atoms with Gasteiger partial charge >= 0.3 is 0 Å². The fraction of sp³-hybridized carbons (Fsp3) is 0.0556. The summed E-state index contributed by atoms with van der Waals surface area (Å²) in [6, 6.07) is 12.3. The summed E-state index contributed by atoms with van der Waals surface area (Å²) in [5, 5.41) is 10.9. The van der Waals surface area contributed by atoms with E-state index in [4.69, 9.17) is 11.6 Å². The van der Waals surface area contributed by atoms with Crippen LogP contribution in [0.2, 0.25) is 5.02 Å². The summed E-state index contributed by atoms with van der Waals surface area (Å²) in [4.78, 5) is 29.0. The number of halogens is 2. The van der Waals surface area contributed by atoms with E-state index in [0.717, 1.165) is 4.57 Å². The molecule has 2 aromatic carbocycles. The van der Waals surface area contributed by atoms with E-state index in [0.29, 0.717) is 16.4 Å². The van der Waals surface area contributed by atoms with Gasteiger partial charge in [-0.2, -0.15) is 4.68 Å². The molecule has 1 N–H and O–H groups in total. The number of nitrogens with one attached hydrogen (secondary N) is 1. The van der Waals surface area contributed by atoms with Crippen LogP contribution in [-0.2, 0) is 11.3 Å². The Labute approximate surface area is 162 Å². The van der Waals surface area contributed by atoms with Gasteiger partial charge in [0, 0.05) is 10.7 Å². The summed E-state index contributed by atoms with van der Waals surface area (Å²) in [5.41, 5.74) is 0.630. The van der Waals surface area contributed by atoms with E-state index in [1.165, 1.54) is 29.2 Å². The van der Waals surface area contributed by atoms with Crippen LogP contribution < -0.4 is 10.9 Å². The lowest BCUT2D eigenvalue weighted by Crippen LogP contribution is -2.28. The first-order chi connectivity index (χ1) is 13.5. The first-order valence-corrected chi connectivity index (χ1v) is 8.51. The average Bonchev–Trinajstić information content (AvgIpc) is 3.09. The Hall–Kier alpha value is -3.59. The van der Waals surface area contributed by atoms with Crippen molar-refractivity contribution in [2.24, 2.45) is 0 Å². The molecule has 0 spiro atoms. The lowest BCUT2D eigenvalue weighted by Gasteiger charge is -2.07. The topological polar surface area (TPSA) is 94.7 Å². The van der Waals surface area contributed by atoms with Gasteiger partial charge in [0.25, 0.3) is 5.56 Å². The molecule has 2 heterocycles. The van der Waals surface area contributed by atoms with Crippen LogP contribution >= 0.6 is 11.6 Å². The predicted molar refractivity (Wildman–Crippen MR) is 101 cm³/mol. The molecule has 2 aromatic heterocycles. The van der Waals surface area contributed by atoms with Crippen LogP contribution in [-0.4, -0.2) is 30.5 Å². The number of rotatable bonds is 4. The van der Waals surface area contributed by atoms with Crippen LogP contribution in [0.3, 0.4) is 0 Å². The minimum atomic E-state index is -0.521. The molecule has 8 nitrogen and oxygen atoms in total. The van der Waals surface area contributed by atoms with Gasteiger partial charge in [0.15, 0.2) is 11.2 Å². The molecular formula is C18H12ClFN6O2. The van der Waals surface area contributed by atoms with E-state index in [-0.39, 0.29) is 17.7 Å². The summed E-state index contributed by atoms with van der Waals surface area (Å²) in [6.07, 6.45) is 1.24. The number of carbonyl (C=O) groups excluding carboxylic acids is 1. The highest BCUT2D eigenvalue weighted by molar-refractivity contribution is 6.30. The fourth-order valence-corrected chi connectivity index (χ4v) is 2.84. The zero-order valence-electron chi connectivity index (χ0n) is 14.2. The number of carbonyl (C=O) groups is 1. The van der Waals surface area contributed by atoms with Crippen molar-refractivity contribution < 1.29 is 9.18 Å². The van der Waals surface area contributed by atoms with Crippen LogP contribution in [0.25, 0.3) is 16.9 Å². The monoisotopic (exact) mass is 398 g/mol. The molecular weight excluding hydrogens is 387 g/mol. The second-order valence-electron chi connectivity index (χ2n) is 5.89. The zero-order chi connectivity index (χ0) is 19.7. The SMILES string of the molecule is O=C(Cn1cnc2c(nnn2-c2cccc(Cl)c2)c1=O)Nc1cccc(F)c1. The Kier molecular flexibility index (Phi) is 4.58. The second kappa shape index (κ2) is 7.20. The van der Waals surface area contributed by atoms with Gasteiger partial charge in [-0.3, -0.25) is 14.2 Å². The third-order valence-corrected chi connectivity index (χ3v) is 4.14. The highest BCUT2D eigenvalue weighted by Gasteiger charge is 2.15. The van der Waals surface area contributed by atoms with Gasteiger partial charge in [-0.1, -0.05) is 28.9 Å². The number of nitrogens with zero attached hydrogens (tertiary/aromatic N) is 5. The van der Waals surface area contributed by atoms with E-state index < -0.39 is 17.3 Å². The van der Waals surface area contributed by atoms with Crippen molar-refractivity contribution >= 4 is 34.4 Å². The minimum absolute atomic E-state index is 0.0148.